The number of hydrogen-bond donors (Lipinski definition) is 2. The van der Waals surface area contributed by atoms with Crippen LogP contribution in [0.15, 0.2) is 33.4 Å². The van der Waals surface area contributed by atoms with Crippen LogP contribution in [0.4, 0.5) is 5.13 Å². The Morgan fingerprint density at radius 1 is 1.42 bits per heavy atom. The van der Waals surface area contributed by atoms with Crippen LogP contribution < -0.4 is 11.1 Å². The van der Waals surface area contributed by atoms with Crippen molar-refractivity contribution in [3.8, 4) is 11.4 Å². The molecule has 24 heavy (non-hydrogen) atoms. The lowest BCUT2D eigenvalue weighted by Crippen LogP contribution is -2.27. The molecule has 3 rings (SSSR count). The lowest BCUT2D eigenvalue weighted by atomic mass is 10.3. The zero-order valence-electron chi connectivity index (χ0n) is 12.4. The number of nitrogens with two attached hydrogens (primary N) is 1. The molecule has 0 aliphatic rings. The van der Waals surface area contributed by atoms with Crippen LogP contribution in [0.1, 0.15) is 5.89 Å². The molecule has 0 aromatic carbocycles. The summed E-state index contributed by atoms with van der Waals surface area (Å²) in [7, 11) is 0. The molecular weight excluding hydrogens is 350 g/mol. The molecular formula is C13H13N7O2S2. The highest BCUT2D eigenvalue weighted by Gasteiger charge is 2.10. The van der Waals surface area contributed by atoms with E-state index in [2.05, 4.69) is 30.6 Å². The monoisotopic (exact) mass is 363 g/mol. The van der Waals surface area contributed by atoms with E-state index in [9.17, 15) is 4.79 Å². The van der Waals surface area contributed by atoms with E-state index in [0.29, 0.717) is 34.2 Å². The molecule has 3 aromatic rings. The van der Waals surface area contributed by atoms with E-state index >= 15 is 0 Å². The van der Waals surface area contributed by atoms with E-state index in [1.54, 1.807) is 18.5 Å². The van der Waals surface area contributed by atoms with Crippen LogP contribution >= 0.6 is 23.1 Å². The van der Waals surface area contributed by atoms with Gasteiger partial charge >= 0.3 is 0 Å². The van der Waals surface area contributed by atoms with E-state index in [0.717, 1.165) is 5.56 Å². The van der Waals surface area contributed by atoms with Crippen LogP contribution in [0.3, 0.4) is 0 Å². The lowest BCUT2D eigenvalue weighted by molar-refractivity contribution is -0.118. The summed E-state index contributed by atoms with van der Waals surface area (Å²) in [5.74, 6) is 1.08. The first kappa shape index (κ1) is 16.3. The van der Waals surface area contributed by atoms with E-state index < -0.39 is 0 Å². The molecule has 1 amide bonds. The molecule has 0 aliphatic heterocycles. The van der Waals surface area contributed by atoms with Gasteiger partial charge in [-0.25, -0.2) is 0 Å². The van der Waals surface area contributed by atoms with Gasteiger partial charge in [0.15, 0.2) is 4.34 Å². The Labute approximate surface area is 145 Å². The van der Waals surface area contributed by atoms with Gasteiger partial charge in [-0.2, -0.15) is 4.98 Å². The molecule has 124 valence electrons. The number of thioether (sulfide) groups is 1. The molecule has 11 heteroatoms. The summed E-state index contributed by atoms with van der Waals surface area (Å²) >= 11 is 2.54. The third-order valence-electron chi connectivity index (χ3n) is 2.80. The molecule has 0 radical (unpaired) electrons. The van der Waals surface area contributed by atoms with Gasteiger partial charge in [-0.3, -0.25) is 9.78 Å². The van der Waals surface area contributed by atoms with Gasteiger partial charge in [0.25, 0.3) is 0 Å². The molecule has 3 N–H and O–H groups in total. The fourth-order valence-electron chi connectivity index (χ4n) is 1.73. The zero-order valence-corrected chi connectivity index (χ0v) is 14.0. The summed E-state index contributed by atoms with van der Waals surface area (Å²) < 4.78 is 5.82. The number of carbonyl (C=O) groups excluding carboxylic acids is 1. The average molecular weight is 363 g/mol. The Balaban J connectivity index is 1.41. The number of nitrogens with one attached hydrogen (secondary N) is 1. The smallest absolute Gasteiger partial charge is 0.230 e. The van der Waals surface area contributed by atoms with Crippen LogP contribution in [0.25, 0.3) is 11.4 Å². The van der Waals surface area contributed by atoms with Crippen LogP contribution in [0, 0.1) is 0 Å². The maximum Gasteiger partial charge on any atom is 0.230 e. The van der Waals surface area contributed by atoms with Gasteiger partial charge in [0.2, 0.25) is 22.8 Å². The molecule has 3 heterocycles. The molecule has 0 aliphatic carbocycles. The molecule has 3 aromatic heterocycles. The summed E-state index contributed by atoms with van der Waals surface area (Å²) in [5.41, 5.74) is 6.26. The van der Waals surface area contributed by atoms with Crippen molar-refractivity contribution < 1.29 is 9.32 Å². The highest BCUT2D eigenvalue weighted by atomic mass is 32.2. The Bertz CT molecular complexity index is 806. The quantitative estimate of drug-likeness (QED) is 0.590. The second-order valence-electron chi connectivity index (χ2n) is 4.55. The average Bonchev–Trinajstić information content (AvgIpc) is 3.23. The molecule has 0 atom stereocenters. The topological polar surface area (TPSA) is 133 Å². The molecule has 0 bridgehead atoms. The van der Waals surface area contributed by atoms with E-state index in [4.69, 9.17) is 10.3 Å². The number of carbonyl (C=O) groups is 1. The van der Waals surface area contributed by atoms with Crippen molar-refractivity contribution in [1.29, 1.82) is 0 Å². The zero-order chi connectivity index (χ0) is 16.8. The largest absolute Gasteiger partial charge is 0.374 e. The summed E-state index contributed by atoms with van der Waals surface area (Å²) in [4.78, 5) is 20.0. The SMILES string of the molecule is Nc1nnc(SCC(=O)NCCc2nc(-c3cccnc3)no2)s1. The number of rotatable bonds is 7. The van der Waals surface area contributed by atoms with Gasteiger partial charge < -0.3 is 15.6 Å². The summed E-state index contributed by atoms with van der Waals surface area (Å²) in [6.45, 7) is 0.409. The molecule has 0 saturated carbocycles. The predicted molar refractivity (Wildman–Crippen MR) is 89.3 cm³/mol. The number of nitrogen functional groups attached to an aromatic ring is 1. The first-order valence-corrected chi connectivity index (χ1v) is 8.72. The molecule has 0 fully saturated rings. The van der Waals surface area contributed by atoms with Crippen molar-refractivity contribution in [3.05, 3.63) is 30.4 Å². The Hall–Kier alpha value is -2.53. The fraction of sp³-hybridized carbons (Fsp3) is 0.231. The van der Waals surface area contributed by atoms with E-state index in [1.807, 2.05) is 6.07 Å². The third kappa shape index (κ3) is 4.49. The Morgan fingerprint density at radius 2 is 2.33 bits per heavy atom. The van der Waals surface area contributed by atoms with Gasteiger partial charge in [-0.05, 0) is 12.1 Å². The Kier molecular flexibility index (Phi) is 5.33. The summed E-state index contributed by atoms with van der Waals surface area (Å²) in [5, 5.41) is 14.6. The van der Waals surface area contributed by atoms with Crippen molar-refractivity contribution >= 4 is 34.1 Å². The van der Waals surface area contributed by atoms with Gasteiger partial charge in [0.05, 0.1) is 5.75 Å². The predicted octanol–water partition coefficient (Wildman–Crippen LogP) is 1.02. The normalized spacial score (nSPS) is 10.7. The van der Waals surface area contributed by atoms with Crippen LogP contribution in [0.2, 0.25) is 0 Å². The summed E-state index contributed by atoms with van der Waals surface area (Å²) in [6.07, 6.45) is 3.79. The number of aromatic nitrogens is 5. The lowest BCUT2D eigenvalue weighted by Gasteiger charge is -2.01. The third-order valence-corrected chi connectivity index (χ3v) is 4.68. The van der Waals surface area contributed by atoms with E-state index in [-0.39, 0.29) is 11.7 Å². The first-order valence-electron chi connectivity index (χ1n) is 6.92. The number of nitrogens with zero attached hydrogens (tertiary/aromatic N) is 5. The highest BCUT2D eigenvalue weighted by molar-refractivity contribution is 8.01. The second-order valence-corrected chi connectivity index (χ2v) is 6.78. The van der Waals surface area contributed by atoms with Crippen molar-refractivity contribution in [2.24, 2.45) is 0 Å². The maximum atomic E-state index is 11.8. The van der Waals surface area contributed by atoms with Gasteiger partial charge in [-0.15, -0.1) is 10.2 Å². The maximum absolute atomic E-state index is 11.8. The minimum atomic E-state index is -0.110. The standard InChI is InChI=1S/C13H13N7O2S2/c14-12-18-19-13(24-12)23-7-9(21)16-5-3-10-17-11(20-22-10)8-2-1-4-15-6-8/h1-2,4,6H,3,5,7H2,(H2,14,18)(H,16,21). The minimum absolute atomic E-state index is 0.110. The molecule has 0 unspecified atom stereocenters. The van der Waals surface area contributed by atoms with E-state index in [1.165, 1.54) is 23.1 Å². The van der Waals surface area contributed by atoms with Crippen LogP contribution in [-0.4, -0.2) is 43.5 Å². The van der Waals surface area contributed by atoms with Crippen molar-refractivity contribution in [3.63, 3.8) is 0 Å². The van der Waals surface area contributed by atoms with Gasteiger partial charge in [0, 0.05) is 30.9 Å². The first-order chi connectivity index (χ1) is 11.7. The van der Waals surface area contributed by atoms with Gasteiger partial charge in [-0.1, -0.05) is 28.3 Å². The van der Waals surface area contributed by atoms with Crippen molar-refractivity contribution in [1.82, 2.24) is 30.6 Å². The Morgan fingerprint density at radius 3 is 3.08 bits per heavy atom. The van der Waals surface area contributed by atoms with Crippen molar-refractivity contribution in [2.75, 3.05) is 18.0 Å². The molecule has 9 nitrogen and oxygen atoms in total. The second kappa shape index (κ2) is 7.84. The van der Waals surface area contributed by atoms with Gasteiger partial charge in [0.1, 0.15) is 0 Å². The minimum Gasteiger partial charge on any atom is -0.374 e. The van der Waals surface area contributed by atoms with Crippen molar-refractivity contribution in [2.45, 2.75) is 10.8 Å². The van der Waals surface area contributed by atoms with Crippen LogP contribution in [0.5, 0.6) is 0 Å². The highest BCUT2D eigenvalue weighted by Crippen LogP contribution is 2.22. The number of anilines is 1. The number of hydrogen-bond acceptors (Lipinski definition) is 10. The summed E-state index contributed by atoms with van der Waals surface area (Å²) in [6, 6.07) is 3.65. The molecule has 0 saturated heterocycles. The molecule has 0 spiro atoms. The number of pyridine rings is 1. The fourth-order valence-corrected chi connectivity index (χ4v) is 3.20. The van der Waals surface area contributed by atoms with Crippen LogP contribution in [-0.2, 0) is 11.2 Å². The number of amides is 1.